The van der Waals surface area contributed by atoms with Crippen LogP contribution >= 0.6 is 11.6 Å². The van der Waals surface area contributed by atoms with E-state index in [0.717, 1.165) is 28.5 Å². The highest BCUT2D eigenvalue weighted by atomic mass is 35.5. The molecule has 1 aliphatic heterocycles. The maximum atomic E-state index is 13.5. The number of nitrogens with zero attached hydrogens (tertiary/aromatic N) is 2. The highest BCUT2D eigenvalue weighted by Crippen LogP contribution is 2.30. The Labute approximate surface area is 218 Å². The summed E-state index contributed by atoms with van der Waals surface area (Å²) in [7, 11) is -4.01. The Balaban J connectivity index is 1.46. The standard InChI is InChI=1S/C28H32ClN3O3S/c1-21-9-15-25(16-10-21)36(34,35)32(27-8-4-3-7-26(27)29)20-28(33)30-18-23-11-13-24(14-12-23)31-17-5-6-22(2)19-31/h3-4,7-16,22H,5-6,17-20H2,1-2H3,(H,30,33). The molecule has 36 heavy (non-hydrogen) atoms. The zero-order valence-electron chi connectivity index (χ0n) is 20.7. The lowest BCUT2D eigenvalue weighted by molar-refractivity contribution is -0.119. The van der Waals surface area contributed by atoms with Crippen LogP contribution in [0.15, 0.2) is 77.7 Å². The van der Waals surface area contributed by atoms with Crippen LogP contribution in [0.2, 0.25) is 5.02 Å². The first-order valence-electron chi connectivity index (χ1n) is 12.2. The molecule has 3 aromatic carbocycles. The molecule has 1 atom stereocenters. The van der Waals surface area contributed by atoms with E-state index in [4.69, 9.17) is 11.6 Å². The minimum atomic E-state index is -4.01. The van der Waals surface area contributed by atoms with E-state index in [1.54, 1.807) is 36.4 Å². The van der Waals surface area contributed by atoms with Gasteiger partial charge in [0, 0.05) is 25.3 Å². The van der Waals surface area contributed by atoms with Gasteiger partial charge >= 0.3 is 0 Å². The Bertz CT molecular complexity index is 1290. The molecule has 1 unspecified atom stereocenters. The maximum Gasteiger partial charge on any atom is 0.264 e. The number of aryl methyl sites for hydroxylation is 1. The third kappa shape index (κ3) is 6.20. The van der Waals surface area contributed by atoms with Crippen LogP contribution in [-0.4, -0.2) is 34.0 Å². The van der Waals surface area contributed by atoms with Gasteiger partial charge in [0.05, 0.1) is 15.6 Å². The second-order valence-corrected chi connectivity index (χ2v) is 11.7. The molecule has 1 N–H and O–H groups in total. The summed E-state index contributed by atoms with van der Waals surface area (Å²) in [5.74, 6) is 0.273. The average molecular weight is 526 g/mol. The summed E-state index contributed by atoms with van der Waals surface area (Å²) < 4.78 is 28.1. The Morgan fingerprint density at radius 3 is 2.42 bits per heavy atom. The van der Waals surface area contributed by atoms with Crippen molar-refractivity contribution in [1.82, 2.24) is 5.32 Å². The van der Waals surface area contributed by atoms with Gasteiger partial charge in [0.15, 0.2) is 0 Å². The van der Waals surface area contributed by atoms with Crippen molar-refractivity contribution >= 4 is 38.9 Å². The van der Waals surface area contributed by atoms with Crippen LogP contribution in [0.4, 0.5) is 11.4 Å². The van der Waals surface area contributed by atoms with Crippen molar-refractivity contribution < 1.29 is 13.2 Å². The number of hydrogen-bond donors (Lipinski definition) is 1. The molecule has 0 aliphatic carbocycles. The van der Waals surface area contributed by atoms with Crippen molar-refractivity contribution in [2.24, 2.45) is 5.92 Å². The number of amides is 1. The van der Waals surface area contributed by atoms with E-state index in [0.29, 0.717) is 12.5 Å². The molecule has 1 aliphatic rings. The van der Waals surface area contributed by atoms with Gasteiger partial charge in [0.1, 0.15) is 6.54 Å². The Kier molecular flexibility index (Phi) is 8.21. The minimum Gasteiger partial charge on any atom is -0.371 e. The fraction of sp³-hybridized carbons (Fsp3) is 0.321. The second-order valence-electron chi connectivity index (χ2n) is 9.41. The van der Waals surface area contributed by atoms with E-state index in [9.17, 15) is 13.2 Å². The topological polar surface area (TPSA) is 69.7 Å². The van der Waals surface area contributed by atoms with Gasteiger partial charge in [-0.25, -0.2) is 8.42 Å². The lowest BCUT2D eigenvalue weighted by atomic mass is 9.99. The maximum absolute atomic E-state index is 13.5. The number of carbonyl (C=O) groups is 1. The number of carbonyl (C=O) groups excluding carboxylic acids is 1. The predicted molar refractivity (Wildman–Crippen MR) is 146 cm³/mol. The Morgan fingerprint density at radius 2 is 1.75 bits per heavy atom. The van der Waals surface area contributed by atoms with E-state index >= 15 is 0 Å². The number of benzene rings is 3. The summed E-state index contributed by atoms with van der Waals surface area (Å²) in [5.41, 5.74) is 3.33. The van der Waals surface area contributed by atoms with Crippen molar-refractivity contribution in [3.63, 3.8) is 0 Å². The normalized spacial score (nSPS) is 16.0. The third-order valence-corrected chi connectivity index (χ3v) is 8.56. The van der Waals surface area contributed by atoms with Crippen LogP contribution < -0.4 is 14.5 Å². The summed E-state index contributed by atoms with van der Waals surface area (Å²) in [6, 6.07) is 21.3. The number of anilines is 2. The summed E-state index contributed by atoms with van der Waals surface area (Å²) in [5, 5.41) is 3.11. The van der Waals surface area contributed by atoms with Crippen molar-refractivity contribution in [3.8, 4) is 0 Å². The average Bonchev–Trinajstić information content (AvgIpc) is 2.87. The van der Waals surface area contributed by atoms with Gasteiger partial charge in [-0.2, -0.15) is 0 Å². The molecule has 4 rings (SSSR count). The lowest BCUT2D eigenvalue weighted by Crippen LogP contribution is -2.40. The molecule has 1 heterocycles. The van der Waals surface area contributed by atoms with Crippen molar-refractivity contribution in [1.29, 1.82) is 0 Å². The Morgan fingerprint density at radius 1 is 1.06 bits per heavy atom. The number of hydrogen-bond acceptors (Lipinski definition) is 4. The number of piperidine rings is 1. The molecule has 0 aromatic heterocycles. The van der Waals surface area contributed by atoms with Crippen molar-refractivity contribution in [2.45, 2.75) is 38.1 Å². The first kappa shape index (κ1) is 26.0. The number of halogens is 1. The van der Waals surface area contributed by atoms with Crippen LogP contribution in [0, 0.1) is 12.8 Å². The number of nitrogens with one attached hydrogen (secondary N) is 1. The molecule has 3 aromatic rings. The van der Waals surface area contributed by atoms with E-state index in [1.807, 2.05) is 19.1 Å². The molecule has 0 bridgehead atoms. The quantitative estimate of drug-likeness (QED) is 0.427. The van der Waals surface area contributed by atoms with E-state index in [2.05, 4.69) is 29.3 Å². The molecule has 0 saturated carbocycles. The van der Waals surface area contributed by atoms with Gasteiger partial charge in [0.2, 0.25) is 5.91 Å². The van der Waals surface area contributed by atoms with Crippen LogP contribution in [0.1, 0.15) is 30.9 Å². The first-order chi connectivity index (χ1) is 17.2. The fourth-order valence-electron chi connectivity index (χ4n) is 4.43. The van der Waals surface area contributed by atoms with E-state index < -0.39 is 15.9 Å². The molecule has 1 saturated heterocycles. The number of sulfonamides is 1. The van der Waals surface area contributed by atoms with Gasteiger partial charge in [-0.05, 0) is 67.6 Å². The Hall–Kier alpha value is -3.03. The van der Waals surface area contributed by atoms with Crippen LogP contribution in [-0.2, 0) is 21.4 Å². The monoisotopic (exact) mass is 525 g/mol. The fourth-order valence-corrected chi connectivity index (χ4v) is 6.15. The van der Waals surface area contributed by atoms with Crippen LogP contribution in [0.5, 0.6) is 0 Å². The largest absolute Gasteiger partial charge is 0.371 e. The van der Waals surface area contributed by atoms with Gasteiger partial charge in [-0.1, -0.05) is 60.5 Å². The van der Waals surface area contributed by atoms with Crippen molar-refractivity contribution in [2.75, 3.05) is 28.8 Å². The van der Waals surface area contributed by atoms with Gasteiger partial charge in [-0.15, -0.1) is 0 Å². The summed E-state index contributed by atoms with van der Waals surface area (Å²) >= 11 is 6.34. The third-order valence-electron chi connectivity index (χ3n) is 6.47. The lowest BCUT2D eigenvalue weighted by Gasteiger charge is -2.32. The SMILES string of the molecule is Cc1ccc(S(=O)(=O)N(CC(=O)NCc2ccc(N3CCCC(C)C3)cc2)c2ccccc2Cl)cc1. The van der Waals surface area contributed by atoms with E-state index in [1.165, 1.54) is 30.7 Å². The van der Waals surface area contributed by atoms with Gasteiger partial charge in [-0.3, -0.25) is 9.10 Å². The molecular formula is C28H32ClN3O3S. The molecular weight excluding hydrogens is 494 g/mol. The van der Waals surface area contributed by atoms with Crippen molar-refractivity contribution in [3.05, 3.63) is 88.9 Å². The van der Waals surface area contributed by atoms with Crippen LogP contribution in [0.3, 0.4) is 0 Å². The number of rotatable bonds is 8. The molecule has 8 heteroatoms. The smallest absolute Gasteiger partial charge is 0.264 e. The summed E-state index contributed by atoms with van der Waals surface area (Å²) in [4.78, 5) is 15.4. The molecule has 0 radical (unpaired) electrons. The molecule has 1 fully saturated rings. The minimum absolute atomic E-state index is 0.100. The zero-order chi connectivity index (χ0) is 25.7. The zero-order valence-corrected chi connectivity index (χ0v) is 22.2. The summed E-state index contributed by atoms with van der Waals surface area (Å²) in [6.45, 7) is 6.20. The molecule has 190 valence electrons. The van der Waals surface area contributed by atoms with E-state index in [-0.39, 0.29) is 22.2 Å². The molecule has 6 nitrogen and oxygen atoms in total. The highest BCUT2D eigenvalue weighted by Gasteiger charge is 2.28. The molecule has 1 amide bonds. The van der Waals surface area contributed by atoms with Crippen LogP contribution in [0.25, 0.3) is 0 Å². The highest BCUT2D eigenvalue weighted by molar-refractivity contribution is 7.92. The van der Waals surface area contributed by atoms with Gasteiger partial charge in [0.25, 0.3) is 10.0 Å². The first-order valence-corrected chi connectivity index (χ1v) is 14.0. The predicted octanol–water partition coefficient (Wildman–Crippen LogP) is 5.40. The second kappa shape index (κ2) is 11.4. The molecule has 0 spiro atoms. The summed E-state index contributed by atoms with van der Waals surface area (Å²) in [6.07, 6.45) is 2.47. The number of para-hydroxylation sites is 1. The van der Waals surface area contributed by atoms with Gasteiger partial charge < -0.3 is 10.2 Å².